The second-order valence-corrected chi connectivity index (χ2v) is 6.98. The number of methoxy groups -OCH3 is 1. The van der Waals surface area contributed by atoms with Gasteiger partial charge in [-0.25, -0.2) is 4.98 Å². The number of halogens is 1. The van der Waals surface area contributed by atoms with E-state index in [2.05, 4.69) is 11.1 Å². The van der Waals surface area contributed by atoms with Crippen LogP contribution in [0.5, 0.6) is 0 Å². The Labute approximate surface area is 160 Å². The van der Waals surface area contributed by atoms with Gasteiger partial charge in [0.1, 0.15) is 0 Å². The predicted molar refractivity (Wildman–Crippen MR) is 104 cm³/mol. The Morgan fingerprint density at radius 2 is 2.04 bits per heavy atom. The molecule has 26 heavy (non-hydrogen) atoms. The SMILES string of the molecule is COCCn1c(SCc2ccc(C#N)cc2)nc2cc(Cl)ccc2c1=O. The zero-order valence-corrected chi connectivity index (χ0v) is 15.7. The summed E-state index contributed by atoms with van der Waals surface area (Å²) in [5.74, 6) is 0.636. The van der Waals surface area contributed by atoms with Gasteiger partial charge in [-0.15, -0.1) is 0 Å². The Balaban J connectivity index is 1.96. The number of ether oxygens (including phenoxy) is 1. The van der Waals surface area contributed by atoms with E-state index in [0.717, 1.165) is 5.56 Å². The molecule has 5 nitrogen and oxygen atoms in total. The molecule has 0 aliphatic rings. The molecular weight excluding hydrogens is 370 g/mol. The Morgan fingerprint density at radius 1 is 1.27 bits per heavy atom. The lowest BCUT2D eigenvalue weighted by atomic mass is 10.2. The molecule has 0 atom stereocenters. The molecule has 0 aliphatic carbocycles. The molecule has 7 heteroatoms. The average molecular weight is 386 g/mol. The minimum atomic E-state index is -0.106. The minimum Gasteiger partial charge on any atom is -0.383 e. The summed E-state index contributed by atoms with van der Waals surface area (Å²) in [6, 6.07) is 14.6. The van der Waals surface area contributed by atoms with Crippen LogP contribution in [0.2, 0.25) is 5.02 Å². The molecule has 0 unspecified atom stereocenters. The van der Waals surface area contributed by atoms with Gasteiger partial charge in [-0.1, -0.05) is 35.5 Å². The first-order valence-corrected chi connectivity index (χ1v) is 9.29. The van der Waals surface area contributed by atoms with Crippen molar-refractivity contribution >= 4 is 34.3 Å². The van der Waals surface area contributed by atoms with E-state index in [1.807, 2.05) is 12.1 Å². The molecule has 0 aliphatic heterocycles. The highest BCUT2D eigenvalue weighted by Crippen LogP contribution is 2.23. The molecule has 0 bridgehead atoms. The number of hydrogen-bond donors (Lipinski definition) is 0. The maximum atomic E-state index is 12.8. The summed E-state index contributed by atoms with van der Waals surface area (Å²) < 4.78 is 6.76. The van der Waals surface area contributed by atoms with Crippen molar-refractivity contribution in [2.75, 3.05) is 13.7 Å². The monoisotopic (exact) mass is 385 g/mol. The fraction of sp³-hybridized carbons (Fsp3) is 0.211. The fourth-order valence-electron chi connectivity index (χ4n) is 2.49. The molecule has 0 saturated heterocycles. The normalized spacial score (nSPS) is 10.8. The minimum absolute atomic E-state index is 0.106. The maximum absolute atomic E-state index is 12.8. The summed E-state index contributed by atoms with van der Waals surface area (Å²) in [7, 11) is 1.60. The molecule has 0 radical (unpaired) electrons. The molecule has 2 aromatic carbocycles. The highest BCUT2D eigenvalue weighted by Gasteiger charge is 2.12. The second kappa shape index (κ2) is 8.37. The first-order valence-electron chi connectivity index (χ1n) is 7.93. The summed E-state index contributed by atoms with van der Waals surface area (Å²) in [4.78, 5) is 17.5. The molecule has 132 valence electrons. The van der Waals surface area contributed by atoms with Crippen molar-refractivity contribution in [3.05, 3.63) is 69.0 Å². The van der Waals surface area contributed by atoms with E-state index >= 15 is 0 Å². The van der Waals surface area contributed by atoms with Crippen molar-refractivity contribution in [1.29, 1.82) is 5.26 Å². The third-order valence-electron chi connectivity index (χ3n) is 3.85. The molecule has 0 saturated carbocycles. The van der Waals surface area contributed by atoms with Gasteiger partial charge in [-0.3, -0.25) is 9.36 Å². The molecule has 1 heterocycles. The van der Waals surface area contributed by atoms with Gasteiger partial charge in [-0.2, -0.15) is 5.26 Å². The predicted octanol–water partition coefficient (Wildman–Crippen LogP) is 3.86. The number of aromatic nitrogens is 2. The van der Waals surface area contributed by atoms with Crippen LogP contribution in [0.4, 0.5) is 0 Å². The molecule has 0 amide bonds. The number of hydrogen-bond acceptors (Lipinski definition) is 5. The molecular formula is C19H16ClN3O2S. The number of rotatable bonds is 6. The number of nitriles is 1. The van der Waals surface area contributed by atoms with Gasteiger partial charge in [0.15, 0.2) is 5.16 Å². The zero-order chi connectivity index (χ0) is 18.5. The molecule has 0 fully saturated rings. The van der Waals surface area contributed by atoms with E-state index in [1.165, 1.54) is 11.8 Å². The van der Waals surface area contributed by atoms with Crippen molar-refractivity contribution < 1.29 is 4.74 Å². The molecule has 0 N–H and O–H groups in total. The Hall–Kier alpha value is -2.33. The van der Waals surface area contributed by atoms with Gasteiger partial charge < -0.3 is 4.74 Å². The van der Waals surface area contributed by atoms with Crippen molar-refractivity contribution in [2.24, 2.45) is 0 Å². The third-order valence-corrected chi connectivity index (χ3v) is 5.13. The van der Waals surface area contributed by atoms with Crippen molar-refractivity contribution in [2.45, 2.75) is 17.5 Å². The number of benzene rings is 2. The molecule has 1 aromatic heterocycles. The van der Waals surface area contributed by atoms with Gasteiger partial charge >= 0.3 is 0 Å². The summed E-state index contributed by atoms with van der Waals surface area (Å²) in [5.41, 5.74) is 2.14. The van der Waals surface area contributed by atoms with Crippen LogP contribution in [0.1, 0.15) is 11.1 Å². The van der Waals surface area contributed by atoms with Crippen LogP contribution in [-0.4, -0.2) is 23.3 Å². The van der Waals surface area contributed by atoms with Crippen LogP contribution in [0.15, 0.2) is 52.4 Å². The van der Waals surface area contributed by atoms with E-state index in [1.54, 1.807) is 42.0 Å². The van der Waals surface area contributed by atoms with Gasteiger partial charge in [0, 0.05) is 17.9 Å². The van der Waals surface area contributed by atoms with Crippen LogP contribution >= 0.6 is 23.4 Å². The third kappa shape index (κ3) is 4.07. The lowest BCUT2D eigenvalue weighted by Gasteiger charge is -2.13. The number of thioether (sulfide) groups is 1. The second-order valence-electron chi connectivity index (χ2n) is 5.60. The summed E-state index contributed by atoms with van der Waals surface area (Å²) in [6.07, 6.45) is 0. The zero-order valence-electron chi connectivity index (χ0n) is 14.1. The van der Waals surface area contributed by atoms with Crippen LogP contribution in [0.25, 0.3) is 10.9 Å². The van der Waals surface area contributed by atoms with Crippen LogP contribution in [-0.2, 0) is 17.0 Å². The topological polar surface area (TPSA) is 67.9 Å². The first-order chi connectivity index (χ1) is 12.6. The Morgan fingerprint density at radius 3 is 2.73 bits per heavy atom. The fourth-order valence-corrected chi connectivity index (χ4v) is 3.63. The van der Waals surface area contributed by atoms with Gasteiger partial charge in [0.25, 0.3) is 5.56 Å². The quantitative estimate of drug-likeness (QED) is 0.476. The van der Waals surface area contributed by atoms with Crippen LogP contribution in [0, 0.1) is 11.3 Å². The molecule has 3 rings (SSSR count). The Kier molecular flexibility index (Phi) is 5.94. The Bertz CT molecular complexity index is 1030. The van der Waals surface area contributed by atoms with E-state index < -0.39 is 0 Å². The van der Waals surface area contributed by atoms with Crippen molar-refractivity contribution in [3.8, 4) is 6.07 Å². The van der Waals surface area contributed by atoms with E-state index in [4.69, 9.17) is 21.6 Å². The van der Waals surface area contributed by atoms with Gasteiger partial charge in [0.2, 0.25) is 0 Å². The number of nitrogens with zero attached hydrogens (tertiary/aromatic N) is 3. The summed E-state index contributed by atoms with van der Waals surface area (Å²) in [6.45, 7) is 0.849. The van der Waals surface area contributed by atoms with E-state index in [-0.39, 0.29) is 5.56 Å². The van der Waals surface area contributed by atoms with E-state index in [0.29, 0.717) is 45.5 Å². The highest BCUT2D eigenvalue weighted by molar-refractivity contribution is 7.98. The summed E-state index contributed by atoms with van der Waals surface area (Å²) in [5, 5.41) is 10.6. The lowest BCUT2D eigenvalue weighted by molar-refractivity contribution is 0.183. The summed E-state index contributed by atoms with van der Waals surface area (Å²) >= 11 is 7.52. The lowest BCUT2D eigenvalue weighted by Crippen LogP contribution is -2.25. The van der Waals surface area contributed by atoms with Gasteiger partial charge in [0.05, 0.1) is 35.7 Å². The van der Waals surface area contributed by atoms with Crippen LogP contribution < -0.4 is 5.56 Å². The number of fused-ring (bicyclic) bond motifs is 1. The maximum Gasteiger partial charge on any atom is 0.262 e. The van der Waals surface area contributed by atoms with Crippen molar-refractivity contribution in [1.82, 2.24) is 9.55 Å². The van der Waals surface area contributed by atoms with Crippen molar-refractivity contribution in [3.63, 3.8) is 0 Å². The van der Waals surface area contributed by atoms with E-state index in [9.17, 15) is 4.79 Å². The average Bonchev–Trinajstić information content (AvgIpc) is 2.66. The standard InChI is InChI=1S/C19H16ClN3O2S/c1-25-9-8-23-18(24)16-7-6-15(20)10-17(16)22-19(23)26-12-14-4-2-13(11-21)3-5-14/h2-7,10H,8-9,12H2,1H3. The van der Waals surface area contributed by atoms with Crippen LogP contribution in [0.3, 0.4) is 0 Å². The highest BCUT2D eigenvalue weighted by atomic mass is 35.5. The smallest absolute Gasteiger partial charge is 0.262 e. The van der Waals surface area contributed by atoms with Gasteiger partial charge in [-0.05, 0) is 35.9 Å². The molecule has 0 spiro atoms. The first kappa shape index (κ1) is 18.5. The largest absolute Gasteiger partial charge is 0.383 e. The molecule has 3 aromatic rings.